The number of hydrogen-bond acceptors (Lipinski definition) is 6. The highest BCUT2D eigenvalue weighted by Crippen LogP contribution is 2.26. The standard InChI is InChI=1S/C23H23ClN2O6S2/c1-16-3-2-14-26(15-16)34(30,31)20-10-6-18(7-11-20)25-23(27)21-12-13-22(32-21)33(28,29)19-8-4-17(24)5-9-19/h4-13,16H,2-3,14-15H2,1H3,(H,25,27). The van der Waals surface area contributed by atoms with Crippen molar-refractivity contribution in [2.24, 2.45) is 5.92 Å². The number of hydrogen-bond donors (Lipinski definition) is 1. The third-order valence-corrected chi connectivity index (χ3v) is 9.34. The molecular weight excluding hydrogens is 500 g/mol. The minimum absolute atomic E-state index is 0.0156. The number of nitrogens with zero attached hydrogens (tertiary/aromatic N) is 1. The molecule has 11 heteroatoms. The van der Waals surface area contributed by atoms with Crippen LogP contribution in [0.15, 0.2) is 80.0 Å². The van der Waals surface area contributed by atoms with Crippen LogP contribution in [0.1, 0.15) is 30.3 Å². The Bertz CT molecular complexity index is 1400. The Morgan fingerprint density at radius 2 is 1.62 bits per heavy atom. The minimum Gasteiger partial charge on any atom is -0.439 e. The number of carbonyl (C=O) groups excluding carboxylic acids is 1. The molecule has 1 fully saturated rings. The van der Waals surface area contributed by atoms with E-state index >= 15 is 0 Å². The van der Waals surface area contributed by atoms with Crippen molar-refractivity contribution in [3.05, 3.63) is 71.4 Å². The molecule has 1 saturated heterocycles. The van der Waals surface area contributed by atoms with E-state index in [9.17, 15) is 21.6 Å². The molecule has 3 aromatic rings. The molecule has 0 aliphatic carbocycles. The van der Waals surface area contributed by atoms with Gasteiger partial charge in [-0.15, -0.1) is 0 Å². The summed E-state index contributed by atoms with van der Waals surface area (Å²) < 4.78 is 57.9. The second-order valence-electron chi connectivity index (χ2n) is 8.16. The lowest BCUT2D eigenvalue weighted by molar-refractivity contribution is 0.0991. The summed E-state index contributed by atoms with van der Waals surface area (Å²) in [4.78, 5) is 12.7. The van der Waals surface area contributed by atoms with Crippen LogP contribution < -0.4 is 5.32 Å². The summed E-state index contributed by atoms with van der Waals surface area (Å²) in [7, 11) is -7.56. The van der Waals surface area contributed by atoms with E-state index in [-0.39, 0.29) is 20.6 Å². The van der Waals surface area contributed by atoms with Gasteiger partial charge in [0.1, 0.15) is 0 Å². The lowest BCUT2D eigenvalue weighted by Gasteiger charge is -2.30. The molecule has 4 rings (SSSR count). The normalized spacial score (nSPS) is 17.4. The minimum atomic E-state index is -3.95. The highest BCUT2D eigenvalue weighted by Gasteiger charge is 2.29. The maximum absolute atomic E-state index is 12.9. The van der Waals surface area contributed by atoms with E-state index in [2.05, 4.69) is 5.32 Å². The summed E-state index contributed by atoms with van der Waals surface area (Å²) in [6, 6.07) is 13.9. The van der Waals surface area contributed by atoms with Crippen LogP contribution in [0.2, 0.25) is 5.02 Å². The van der Waals surface area contributed by atoms with E-state index in [4.69, 9.17) is 16.0 Å². The Balaban J connectivity index is 1.46. The second-order valence-corrected chi connectivity index (χ2v) is 12.4. The Morgan fingerprint density at radius 1 is 0.971 bits per heavy atom. The van der Waals surface area contributed by atoms with Crippen molar-refractivity contribution < 1.29 is 26.0 Å². The summed E-state index contributed by atoms with van der Waals surface area (Å²) >= 11 is 5.80. The first-order chi connectivity index (χ1) is 16.1. The highest BCUT2D eigenvalue weighted by molar-refractivity contribution is 7.91. The van der Waals surface area contributed by atoms with Crippen molar-refractivity contribution in [1.29, 1.82) is 0 Å². The zero-order valence-corrected chi connectivity index (χ0v) is 20.7. The van der Waals surface area contributed by atoms with Crippen molar-refractivity contribution in [2.75, 3.05) is 18.4 Å². The SMILES string of the molecule is CC1CCCN(S(=O)(=O)c2ccc(NC(=O)c3ccc(S(=O)(=O)c4ccc(Cl)cc4)o3)cc2)C1. The molecule has 0 saturated carbocycles. The number of amides is 1. The predicted molar refractivity (Wildman–Crippen MR) is 127 cm³/mol. The monoisotopic (exact) mass is 522 g/mol. The summed E-state index contributed by atoms with van der Waals surface area (Å²) in [5.74, 6) is -0.562. The maximum Gasteiger partial charge on any atom is 0.291 e. The Morgan fingerprint density at radius 3 is 2.26 bits per heavy atom. The first kappa shape index (κ1) is 24.5. The van der Waals surface area contributed by atoms with Crippen LogP contribution in [0.25, 0.3) is 0 Å². The second kappa shape index (κ2) is 9.53. The van der Waals surface area contributed by atoms with Crippen molar-refractivity contribution in [3.8, 4) is 0 Å². The number of halogens is 1. The van der Waals surface area contributed by atoms with Gasteiger partial charge in [0.2, 0.25) is 25.0 Å². The fourth-order valence-corrected chi connectivity index (χ4v) is 6.63. The number of piperidine rings is 1. The fourth-order valence-electron chi connectivity index (χ4n) is 3.73. The molecule has 2 heterocycles. The van der Waals surface area contributed by atoms with Gasteiger partial charge in [0.15, 0.2) is 5.76 Å². The Labute approximate surface area is 203 Å². The topological polar surface area (TPSA) is 114 Å². The van der Waals surface area contributed by atoms with Crippen LogP contribution in [0, 0.1) is 5.92 Å². The molecule has 1 aromatic heterocycles. The van der Waals surface area contributed by atoms with Crippen LogP contribution in [0.3, 0.4) is 0 Å². The van der Waals surface area contributed by atoms with Crippen LogP contribution >= 0.6 is 11.6 Å². The van der Waals surface area contributed by atoms with Crippen molar-refractivity contribution in [1.82, 2.24) is 4.31 Å². The zero-order chi connectivity index (χ0) is 24.5. The average Bonchev–Trinajstić information content (AvgIpc) is 3.31. The molecule has 1 amide bonds. The number of nitrogens with one attached hydrogen (secondary N) is 1. The van der Waals surface area contributed by atoms with Gasteiger partial charge in [-0.1, -0.05) is 18.5 Å². The fraction of sp³-hybridized carbons (Fsp3) is 0.261. The smallest absolute Gasteiger partial charge is 0.291 e. The first-order valence-corrected chi connectivity index (χ1v) is 13.9. The van der Waals surface area contributed by atoms with Crippen molar-refractivity contribution in [3.63, 3.8) is 0 Å². The lowest BCUT2D eigenvalue weighted by Crippen LogP contribution is -2.39. The third-order valence-electron chi connectivity index (χ3n) is 5.56. The van der Waals surface area contributed by atoms with E-state index in [0.29, 0.717) is 29.7 Å². The molecule has 1 atom stereocenters. The van der Waals surface area contributed by atoms with Gasteiger partial charge in [0, 0.05) is 23.8 Å². The molecule has 8 nitrogen and oxygen atoms in total. The average molecular weight is 523 g/mol. The van der Waals surface area contributed by atoms with Gasteiger partial charge < -0.3 is 9.73 Å². The predicted octanol–water partition coefficient (Wildman–Crippen LogP) is 4.44. The van der Waals surface area contributed by atoms with E-state index in [1.165, 1.54) is 65.0 Å². The number of sulfonamides is 1. The van der Waals surface area contributed by atoms with Crippen LogP contribution in [0.5, 0.6) is 0 Å². The molecule has 180 valence electrons. The Kier molecular flexibility index (Phi) is 6.86. The van der Waals surface area contributed by atoms with Crippen molar-refractivity contribution in [2.45, 2.75) is 34.6 Å². The molecule has 2 aromatic carbocycles. The number of benzene rings is 2. The number of sulfone groups is 1. The summed E-state index contributed by atoms with van der Waals surface area (Å²) in [6.07, 6.45) is 1.83. The summed E-state index contributed by atoms with van der Waals surface area (Å²) in [6.45, 7) is 3.01. The number of furan rings is 1. The molecule has 34 heavy (non-hydrogen) atoms. The van der Waals surface area contributed by atoms with Gasteiger partial charge in [-0.25, -0.2) is 16.8 Å². The molecule has 0 spiro atoms. The molecule has 1 N–H and O–H groups in total. The van der Waals surface area contributed by atoms with Gasteiger partial charge >= 0.3 is 0 Å². The highest BCUT2D eigenvalue weighted by atomic mass is 35.5. The van der Waals surface area contributed by atoms with Crippen LogP contribution in [-0.2, 0) is 19.9 Å². The number of carbonyl (C=O) groups is 1. The molecular formula is C23H23ClN2O6S2. The molecule has 1 aliphatic heterocycles. The van der Waals surface area contributed by atoms with Gasteiger partial charge in [-0.2, -0.15) is 4.31 Å². The van der Waals surface area contributed by atoms with Crippen LogP contribution in [0.4, 0.5) is 5.69 Å². The van der Waals surface area contributed by atoms with E-state index < -0.39 is 25.8 Å². The largest absolute Gasteiger partial charge is 0.439 e. The summed E-state index contributed by atoms with van der Waals surface area (Å²) in [5, 5.41) is 2.60. The van der Waals surface area contributed by atoms with Crippen molar-refractivity contribution >= 4 is 43.1 Å². The van der Waals surface area contributed by atoms with E-state index in [0.717, 1.165) is 12.8 Å². The van der Waals surface area contributed by atoms with E-state index in [1.54, 1.807) is 0 Å². The third kappa shape index (κ3) is 5.05. The van der Waals surface area contributed by atoms with E-state index in [1.807, 2.05) is 6.92 Å². The molecule has 0 radical (unpaired) electrons. The summed E-state index contributed by atoms with van der Waals surface area (Å²) in [5.41, 5.74) is 0.342. The lowest BCUT2D eigenvalue weighted by atomic mass is 10.0. The molecule has 1 unspecified atom stereocenters. The zero-order valence-electron chi connectivity index (χ0n) is 18.3. The first-order valence-electron chi connectivity index (χ1n) is 10.6. The van der Waals surface area contributed by atoms with Gasteiger partial charge in [0.05, 0.1) is 9.79 Å². The van der Waals surface area contributed by atoms with Gasteiger partial charge in [0.25, 0.3) is 5.91 Å². The quantitative estimate of drug-likeness (QED) is 0.512. The van der Waals surface area contributed by atoms with Gasteiger partial charge in [-0.3, -0.25) is 4.79 Å². The maximum atomic E-state index is 12.9. The number of rotatable bonds is 6. The van der Waals surface area contributed by atoms with Gasteiger partial charge in [-0.05, 0) is 79.4 Å². The Hall–Kier alpha value is -2.66. The van der Waals surface area contributed by atoms with Crippen LogP contribution in [-0.4, -0.2) is 40.1 Å². The molecule has 0 bridgehead atoms. The number of anilines is 1. The molecule has 1 aliphatic rings.